The minimum Gasteiger partial charge on any atom is -0.493 e. The summed E-state index contributed by atoms with van der Waals surface area (Å²) in [5.41, 5.74) is 18.5. The molecular weight excluding hydrogens is 722 g/mol. The summed E-state index contributed by atoms with van der Waals surface area (Å²) in [6.45, 7) is 5.39. The molecule has 0 radical (unpaired) electrons. The van der Waals surface area contributed by atoms with Gasteiger partial charge in [-0.2, -0.15) is 9.97 Å². The van der Waals surface area contributed by atoms with Crippen molar-refractivity contribution in [2.45, 2.75) is 78.0 Å². The van der Waals surface area contributed by atoms with Crippen LogP contribution in [0.1, 0.15) is 75.8 Å². The monoisotopic (exact) mass is 771 g/mol. The molecule has 298 valence electrons. The van der Waals surface area contributed by atoms with Gasteiger partial charge >= 0.3 is 5.97 Å². The molecule has 1 saturated heterocycles. The second-order valence-electron chi connectivity index (χ2n) is 14.0. The first-order valence-corrected chi connectivity index (χ1v) is 18.4. The first kappa shape index (κ1) is 41.1. The van der Waals surface area contributed by atoms with Crippen molar-refractivity contribution in [2.24, 2.45) is 5.41 Å². The summed E-state index contributed by atoms with van der Waals surface area (Å²) in [5, 5.41) is 0. The van der Waals surface area contributed by atoms with Gasteiger partial charge in [-0.25, -0.2) is 20.2 Å². The number of rotatable bonds is 17. The number of aromatic nitrogens is 4. The van der Waals surface area contributed by atoms with E-state index in [-0.39, 0.29) is 42.6 Å². The van der Waals surface area contributed by atoms with Gasteiger partial charge < -0.3 is 35.3 Å². The molecular formula is C39H49N9O8. The third-order valence-corrected chi connectivity index (χ3v) is 9.73. The third kappa shape index (κ3) is 10.1. The fourth-order valence-electron chi connectivity index (χ4n) is 6.14. The summed E-state index contributed by atoms with van der Waals surface area (Å²) >= 11 is 0. The highest BCUT2D eigenvalue weighted by atomic mass is 16.5. The van der Waals surface area contributed by atoms with Crippen molar-refractivity contribution in [1.29, 1.82) is 0 Å². The average molecular weight is 772 g/mol. The molecule has 2 aromatic carbocycles. The number of carbonyl (C=O) groups excluding carboxylic acids is 4. The minimum atomic E-state index is -0.905. The lowest BCUT2D eigenvalue weighted by atomic mass is 9.84. The number of ether oxygens (including phenoxy) is 4. The van der Waals surface area contributed by atoms with E-state index in [0.717, 1.165) is 5.56 Å². The molecule has 17 nitrogen and oxygen atoms in total. The van der Waals surface area contributed by atoms with Gasteiger partial charge in [0.1, 0.15) is 17.9 Å². The Morgan fingerprint density at radius 2 is 1.79 bits per heavy atom. The maximum absolute atomic E-state index is 14.0. The molecule has 1 aliphatic rings. The highest BCUT2D eigenvalue weighted by Gasteiger charge is 2.41. The minimum absolute atomic E-state index is 0.0104. The van der Waals surface area contributed by atoms with Gasteiger partial charge in [0, 0.05) is 12.0 Å². The quantitative estimate of drug-likeness (QED) is 0.0684. The van der Waals surface area contributed by atoms with E-state index in [1.54, 1.807) is 58.4 Å². The molecule has 3 heterocycles. The number of hydrogen-bond donors (Lipinski definition) is 4. The van der Waals surface area contributed by atoms with E-state index in [9.17, 15) is 19.2 Å². The number of carbonyl (C=O) groups is 4. The number of nitrogens with two attached hydrogens (primary N) is 2. The number of nitrogens with zero attached hydrogens (tertiary/aromatic N) is 5. The number of nitrogen functional groups attached to an aromatic ring is 2. The van der Waals surface area contributed by atoms with E-state index in [0.29, 0.717) is 67.0 Å². The maximum atomic E-state index is 14.0. The molecule has 1 fully saturated rings. The van der Waals surface area contributed by atoms with Crippen molar-refractivity contribution in [3.63, 3.8) is 0 Å². The first-order valence-electron chi connectivity index (χ1n) is 18.4. The van der Waals surface area contributed by atoms with E-state index in [2.05, 4.69) is 30.8 Å². The molecule has 6 N–H and O–H groups in total. The SMILES string of the molecule is CCC(C)(C)C(=O)C(=O)N1CCCC[C@H]1C(=O)O[C@H](CCc1ccc(OC)c(OC)c1)c1cccc(OCC(=O)NNCc2cnc3nc(N)nc(N)c3n2)c1. The molecule has 0 spiro atoms. The number of Topliss-reactive ketones (excluding diaryl/α,β-unsaturated/α-hetero) is 1. The van der Waals surface area contributed by atoms with E-state index in [4.69, 9.17) is 30.4 Å². The lowest BCUT2D eigenvalue weighted by molar-refractivity contribution is -0.164. The molecule has 5 rings (SSSR count). The van der Waals surface area contributed by atoms with Crippen LogP contribution in [0.15, 0.2) is 48.7 Å². The summed E-state index contributed by atoms with van der Waals surface area (Å²) in [4.78, 5) is 71.1. The van der Waals surface area contributed by atoms with Crippen molar-refractivity contribution in [1.82, 2.24) is 35.7 Å². The molecule has 0 bridgehead atoms. The average Bonchev–Trinajstić information content (AvgIpc) is 3.21. The molecule has 0 aliphatic carbocycles. The summed E-state index contributed by atoms with van der Waals surface area (Å²) in [7, 11) is 3.12. The zero-order chi connectivity index (χ0) is 40.4. The number of anilines is 2. The van der Waals surface area contributed by atoms with E-state index >= 15 is 0 Å². The molecule has 56 heavy (non-hydrogen) atoms. The lowest BCUT2D eigenvalue weighted by Crippen LogP contribution is -2.53. The number of amides is 2. The van der Waals surface area contributed by atoms with Crippen LogP contribution in [0.25, 0.3) is 11.2 Å². The van der Waals surface area contributed by atoms with Crippen molar-refractivity contribution in [3.8, 4) is 17.2 Å². The molecule has 17 heteroatoms. The molecule has 2 atom stereocenters. The van der Waals surface area contributed by atoms with E-state index in [1.165, 1.54) is 11.1 Å². The van der Waals surface area contributed by atoms with Crippen LogP contribution in [0.2, 0.25) is 0 Å². The van der Waals surface area contributed by atoms with Crippen LogP contribution in [0.5, 0.6) is 17.2 Å². The number of aryl methyl sites for hydroxylation is 1. The molecule has 4 aromatic rings. The fourth-order valence-corrected chi connectivity index (χ4v) is 6.14. The van der Waals surface area contributed by atoms with Crippen molar-refractivity contribution in [3.05, 3.63) is 65.5 Å². The fraction of sp³-hybridized carbons (Fsp3) is 0.436. The molecule has 0 unspecified atom stereocenters. The van der Waals surface area contributed by atoms with Gasteiger partial charge in [-0.15, -0.1) is 0 Å². The summed E-state index contributed by atoms with van der Waals surface area (Å²) in [6.07, 6.45) is 3.81. The second-order valence-corrected chi connectivity index (χ2v) is 14.0. The number of hydrogen-bond acceptors (Lipinski definition) is 15. The van der Waals surface area contributed by atoms with Gasteiger partial charge in [-0.1, -0.05) is 39.0 Å². The van der Waals surface area contributed by atoms with Crippen molar-refractivity contribution < 1.29 is 38.1 Å². The summed E-state index contributed by atoms with van der Waals surface area (Å²) in [6, 6.07) is 11.6. The largest absolute Gasteiger partial charge is 0.493 e. The van der Waals surface area contributed by atoms with Crippen LogP contribution in [-0.4, -0.2) is 81.8 Å². The van der Waals surface area contributed by atoms with E-state index in [1.807, 2.05) is 19.1 Å². The smallest absolute Gasteiger partial charge is 0.329 e. The van der Waals surface area contributed by atoms with Crippen molar-refractivity contribution in [2.75, 3.05) is 38.8 Å². The van der Waals surface area contributed by atoms with Gasteiger partial charge in [0.05, 0.1) is 32.7 Å². The highest BCUT2D eigenvalue weighted by molar-refractivity contribution is 6.38. The van der Waals surface area contributed by atoms with Gasteiger partial charge in [-0.3, -0.25) is 19.8 Å². The van der Waals surface area contributed by atoms with Crippen LogP contribution in [0, 0.1) is 5.41 Å². The predicted molar refractivity (Wildman–Crippen MR) is 206 cm³/mol. The van der Waals surface area contributed by atoms with Crippen molar-refractivity contribution >= 4 is 46.5 Å². The van der Waals surface area contributed by atoms with Crippen LogP contribution >= 0.6 is 0 Å². The van der Waals surface area contributed by atoms with Gasteiger partial charge in [0.25, 0.3) is 11.8 Å². The van der Waals surface area contributed by atoms with Gasteiger partial charge in [0.15, 0.2) is 35.1 Å². The van der Waals surface area contributed by atoms with Crippen LogP contribution < -0.4 is 36.5 Å². The Morgan fingerprint density at radius 3 is 2.54 bits per heavy atom. The maximum Gasteiger partial charge on any atom is 0.329 e. The number of methoxy groups -OCH3 is 2. The zero-order valence-corrected chi connectivity index (χ0v) is 32.3. The van der Waals surface area contributed by atoms with Gasteiger partial charge in [-0.05, 0) is 73.9 Å². The number of esters is 1. The number of benzene rings is 2. The molecule has 0 saturated carbocycles. The van der Waals surface area contributed by atoms with Crippen LogP contribution in [0.3, 0.4) is 0 Å². The third-order valence-electron chi connectivity index (χ3n) is 9.73. The Morgan fingerprint density at radius 1 is 1.00 bits per heavy atom. The Kier molecular flexibility index (Phi) is 13.6. The van der Waals surface area contributed by atoms with E-state index < -0.39 is 41.1 Å². The Hall–Kier alpha value is -6.10. The van der Waals surface area contributed by atoms with Gasteiger partial charge in [0.2, 0.25) is 11.7 Å². The number of likely N-dealkylation sites (tertiary alicyclic amines) is 1. The topological polar surface area (TPSA) is 236 Å². The standard InChI is InChI=1S/C39H49N9O8/c1-6-39(2,3)33(50)36(51)48-17-8-7-12-27(48)37(52)56-28(15-13-23-14-16-29(53-4)30(18-23)54-5)24-10-9-11-26(19-24)55-22-31(49)47-43-21-25-20-42-35-32(44-25)34(40)45-38(41)46-35/h9-11,14,16,18-20,27-28,43H,6-8,12-13,15,17,21-22H2,1-5H3,(H,47,49)(H4,40,41,42,45,46)/t27-,28+/m0/s1. The second kappa shape index (κ2) is 18.5. The zero-order valence-electron chi connectivity index (χ0n) is 32.3. The first-order chi connectivity index (χ1) is 26.8. The lowest BCUT2D eigenvalue weighted by Gasteiger charge is -2.36. The number of piperidine rings is 1. The highest BCUT2D eigenvalue weighted by Crippen LogP contribution is 2.33. The molecule has 1 aliphatic heterocycles. The predicted octanol–water partition coefficient (Wildman–Crippen LogP) is 3.40. The summed E-state index contributed by atoms with van der Waals surface area (Å²) in [5.74, 6) is -0.670. The number of ketones is 1. The number of nitrogens with one attached hydrogen (secondary N) is 2. The molecule has 2 amide bonds. The number of hydrazine groups is 1. The summed E-state index contributed by atoms with van der Waals surface area (Å²) < 4.78 is 22.9. The Balaban J connectivity index is 1.27. The van der Waals surface area contributed by atoms with Crippen LogP contribution in [0.4, 0.5) is 11.8 Å². The number of fused-ring (bicyclic) bond motifs is 1. The van der Waals surface area contributed by atoms with Crippen LogP contribution in [-0.2, 0) is 36.9 Å². The normalized spacial score (nSPS) is 14.8. The Labute approximate surface area is 324 Å². The molecule has 2 aromatic heterocycles. The Bertz CT molecular complexity index is 2060.